The smallest absolute Gasteiger partial charge is 0.238 e. The van der Waals surface area contributed by atoms with Crippen LogP contribution in [0.1, 0.15) is 12.7 Å². The van der Waals surface area contributed by atoms with E-state index < -0.39 is 0 Å². The number of hydrogen-bond donors (Lipinski definition) is 1. The second kappa shape index (κ2) is 8.94. The second-order valence-electron chi connectivity index (χ2n) is 6.47. The van der Waals surface area contributed by atoms with E-state index in [-0.39, 0.29) is 22.8 Å². The van der Waals surface area contributed by atoms with Crippen molar-refractivity contribution in [3.8, 4) is 0 Å². The largest absolute Gasteiger partial charge is 0.368 e. The van der Waals surface area contributed by atoms with E-state index in [0.717, 1.165) is 13.1 Å². The Morgan fingerprint density at radius 1 is 1.22 bits per heavy atom. The molecular weight excluding hydrogens is 364 g/mol. The maximum absolute atomic E-state index is 12.5. The van der Waals surface area contributed by atoms with Crippen molar-refractivity contribution in [1.29, 1.82) is 0 Å². The molecule has 1 unspecified atom stereocenters. The van der Waals surface area contributed by atoms with Crippen LogP contribution in [0.4, 0.5) is 11.5 Å². The molecule has 27 heavy (non-hydrogen) atoms. The Morgan fingerprint density at radius 2 is 1.93 bits per heavy atom. The number of aromatic nitrogens is 1. The van der Waals surface area contributed by atoms with Crippen LogP contribution in [-0.2, 0) is 9.59 Å². The molecule has 0 spiro atoms. The fourth-order valence-electron chi connectivity index (χ4n) is 2.87. The molecule has 144 valence electrons. The highest BCUT2D eigenvalue weighted by Gasteiger charge is 2.23. The van der Waals surface area contributed by atoms with Gasteiger partial charge >= 0.3 is 0 Å². The summed E-state index contributed by atoms with van der Waals surface area (Å²) < 4.78 is 4.93. The lowest BCUT2D eigenvalue weighted by molar-refractivity contribution is -0.128. The van der Waals surface area contributed by atoms with Crippen molar-refractivity contribution >= 4 is 35.1 Å². The number of benzene rings is 1. The third-order valence-electron chi connectivity index (χ3n) is 4.46. The summed E-state index contributed by atoms with van der Waals surface area (Å²) in [4.78, 5) is 28.8. The topological polar surface area (TPSA) is 78.7 Å². The van der Waals surface area contributed by atoms with Crippen molar-refractivity contribution in [2.75, 3.05) is 42.1 Å². The monoisotopic (exact) mass is 388 g/mol. The number of rotatable bonds is 6. The molecule has 1 aliphatic rings. The number of carbonyl (C=O) groups excluding carboxylic acids is 2. The number of piperazine rings is 1. The summed E-state index contributed by atoms with van der Waals surface area (Å²) in [6.07, 6.45) is 0. The van der Waals surface area contributed by atoms with Gasteiger partial charge in [0.25, 0.3) is 0 Å². The molecule has 1 aliphatic heterocycles. The Kier molecular flexibility index (Phi) is 6.39. The average molecular weight is 388 g/mol. The molecule has 1 aromatic carbocycles. The van der Waals surface area contributed by atoms with E-state index in [1.807, 2.05) is 23.1 Å². The van der Waals surface area contributed by atoms with Crippen LogP contribution in [0, 0.1) is 6.92 Å². The number of anilines is 2. The molecular formula is C19H24N4O3S. The lowest BCUT2D eigenvalue weighted by atomic mass is 10.2. The minimum absolute atomic E-state index is 0.0737. The molecule has 8 heteroatoms. The number of thioether (sulfide) groups is 1. The van der Waals surface area contributed by atoms with E-state index in [4.69, 9.17) is 4.52 Å². The summed E-state index contributed by atoms with van der Waals surface area (Å²) in [6, 6.07) is 11.9. The summed E-state index contributed by atoms with van der Waals surface area (Å²) in [5.74, 6) is 1.21. The molecule has 3 rings (SSSR count). The molecule has 1 N–H and O–H groups in total. The Hall–Kier alpha value is -2.48. The van der Waals surface area contributed by atoms with Crippen molar-refractivity contribution < 1.29 is 14.1 Å². The third-order valence-corrected chi connectivity index (χ3v) is 5.59. The van der Waals surface area contributed by atoms with Gasteiger partial charge < -0.3 is 19.6 Å². The summed E-state index contributed by atoms with van der Waals surface area (Å²) in [5.41, 5.74) is 1.19. The normalized spacial score (nSPS) is 15.5. The summed E-state index contributed by atoms with van der Waals surface area (Å²) >= 11 is 1.33. The van der Waals surface area contributed by atoms with Gasteiger partial charge in [0.1, 0.15) is 5.76 Å². The van der Waals surface area contributed by atoms with Gasteiger partial charge in [-0.1, -0.05) is 23.4 Å². The van der Waals surface area contributed by atoms with Crippen LogP contribution in [-0.4, -0.2) is 59.1 Å². The molecule has 0 radical (unpaired) electrons. The zero-order valence-electron chi connectivity index (χ0n) is 15.6. The minimum atomic E-state index is -0.350. The standard InChI is InChI=1S/C19H24N4O3S/c1-14-12-17(21-26-14)20-19(25)15(2)27-13-18(24)23-10-8-22(9-11-23)16-6-4-3-5-7-16/h3-7,12,15H,8-11,13H2,1-2H3,(H,20,21,25). The number of amides is 2. The highest BCUT2D eigenvalue weighted by atomic mass is 32.2. The van der Waals surface area contributed by atoms with Gasteiger partial charge in [0, 0.05) is 37.9 Å². The lowest BCUT2D eigenvalue weighted by Crippen LogP contribution is -2.49. The minimum Gasteiger partial charge on any atom is -0.368 e. The van der Waals surface area contributed by atoms with Gasteiger partial charge in [-0.2, -0.15) is 0 Å². The van der Waals surface area contributed by atoms with Gasteiger partial charge in [-0.25, -0.2) is 0 Å². The molecule has 1 aromatic heterocycles. The summed E-state index contributed by atoms with van der Waals surface area (Å²) in [6.45, 7) is 6.59. The molecule has 2 aromatic rings. The van der Waals surface area contributed by atoms with E-state index in [0.29, 0.717) is 24.7 Å². The summed E-state index contributed by atoms with van der Waals surface area (Å²) in [7, 11) is 0. The van der Waals surface area contributed by atoms with Crippen molar-refractivity contribution in [3.05, 3.63) is 42.2 Å². The van der Waals surface area contributed by atoms with Crippen LogP contribution < -0.4 is 10.2 Å². The van der Waals surface area contributed by atoms with Gasteiger partial charge in [0.05, 0.1) is 11.0 Å². The molecule has 7 nitrogen and oxygen atoms in total. The van der Waals surface area contributed by atoms with Crippen LogP contribution in [0.25, 0.3) is 0 Å². The quantitative estimate of drug-likeness (QED) is 0.819. The maximum Gasteiger partial charge on any atom is 0.238 e. The van der Waals surface area contributed by atoms with Crippen LogP contribution >= 0.6 is 11.8 Å². The van der Waals surface area contributed by atoms with E-state index in [9.17, 15) is 9.59 Å². The van der Waals surface area contributed by atoms with E-state index in [2.05, 4.69) is 27.5 Å². The van der Waals surface area contributed by atoms with Crippen molar-refractivity contribution in [2.24, 2.45) is 0 Å². The van der Waals surface area contributed by atoms with Crippen LogP contribution in [0.5, 0.6) is 0 Å². The fourth-order valence-corrected chi connectivity index (χ4v) is 3.65. The average Bonchev–Trinajstić information content (AvgIpc) is 3.11. The number of nitrogens with zero attached hydrogens (tertiary/aromatic N) is 3. The molecule has 1 atom stereocenters. The Labute approximate surface area is 163 Å². The Balaban J connectivity index is 1.41. The number of hydrogen-bond acceptors (Lipinski definition) is 6. The second-order valence-corrected chi connectivity index (χ2v) is 7.80. The first-order chi connectivity index (χ1) is 13.0. The third kappa shape index (κ3) is 5.26. The van der Waals surface area contributed by atoms with Gasteiger partial charge in [0.2, 0.25) is 11.8 Å². The molecule has 0 bridgehead atoms. The summed E-state index contributed by atoms with van der Waals surface area (Å²) in [5, 5.41) is 6.09. The maximum atomic E-state index is 12.5. The number of nitrogens with one attached hydrogen (secondary N) is 1. The first kappa shape index (κ1) is 19.3. The lowest BCUT2D eigenvalue weighted by Gasteiger charge is -2.36. The number of carbonyl (C=O) groups is 2. The zero-order chi connectivity index (χ0) is 19.2. The fraction of sp³-hybridized carbons (Fsp3) is 0.421. The molecule has 1 saturated heterocycles. The first-order valence-electron chi connectivity index (χ1n) is 8.96. The van der Waals surface area contributed by atoms with Crippen molar-refractivity contribution in [1.82, 2.24) is 10.1 Å². The molecule has 1 fully saturated rings. The predicted molar refractivity (Wildman–Crippen MR) is 107 cm³/mol. The zero-order valence-corrected chi connectivity index (χ0v) is 16.4. The van der Waals surface area contributed by atoms with Gasteiger partial charge in [-0.15, -0.1) is 11.8 Å². The van der Waals surface area contributed by atoms with E-state index >= 15 is 0 Å². The molecule has 2 amide bonds. The highest BCUT2D eigenvalue weighted by molar-refractivity contribution is 8.01. The van der Waals surface area contributed by atoms with E-state index in [1.54, 1.807) is 19.9 Å². The van der Waals surface area contributed by atoms with E-state index in [1.165, 1.54) is 17.4 Å². The SMILES string of the molecule is Cc1cc(NC(=O)C(C)SCC(=O)N2CCN(c3ccccc3)CC2)no1. The first-order valence-corrected chi connectivity index (χ1v) is 10.0. The predicted octanol–water partition coefficient (Wildman–Crippen LogP) is 2.39. The molecule has 0 aliphatic carbocycles. The number of aryl methyl sites for hydroxylation is 1. The van der Waals surface area contributed by atoms with Gasteiger partial charge in [0.15, 0.2) is 5.82 Å². The Morgan fingerprint density at radius 3 is 2.56 bits per heavy atom. The Bertz CT molecular complexity index is 772. The van der Waals surface area contributed by atoms with Crippen molar-refractivity contribution in [2.45, 2.75) is 19.1 Å². The van der Waals surface area contributed by atoms with Gasteiger partial charge in [-0.3, -0.25) is 9.59 Å². The van der Waals surface area contributed by atoms with Crippen LogP contribution in [0.2, 0.25) is 0 Å². The molecule has 2 heterocycles. The van der Waals surface area contributed by atoms with Crippen molar-refractivity contribution in [3.63, 3.8) is 0 Å². The van der Waals surface area contributed by atoms with Gasteiger partial charge in [-0.05, 0) is 26.0 Å². The molecule has 0 saturated carbocycles. The number of para-hydroxylation sites is 1. The van der Waals surface area contributed by atoms with Crippen LogP contribution in [0.3, 0.4) is 0 Å². The van der Waals surface area contributed by atoms with Crippen LogP contribution in [0.15, 0.2) is 40.9 Å². The highest BCUT2D eigenvalue weighted by Crippen LogP contribution is 2.18.